The van der Waals surface area contributed by atoms with Gasteiger partial charge in [-0.05, 0) is 38.2 Å². The van der Waals surface area contributed by atoms with Gasteiger partial charge in [-0.3, -0.25) is 14.4 Å². The van der Waals surface area contributed by atoms with Crippen LogP contribution >= 0.6 is 0 Å². The number of primary amides is 1. The first-order chi connectivity index (χ1) is 19.8. The number of hydrogen-bond acceptors (Lipinski definition) is 9. The molecule has 230 valence electrons. The van der Waals surface area contributed by atoms with E-state index in [2.05, 4.69) is 17.2 Å². The summed E-state index contributed by atoms with van der Waals surface area (Å²) >= 11 is 0. The minimum absolute atomic E-state index is 0.132. The van der Waals surface area contributed by atoms with Crippen LogP contribution in [0.3, 0.4) is 0 Å². The molecule has 11 heteroatoms. The number of methoxy groups -OCH3 is 2. The number of rotatable bonds is 6. The van der Waals surface area contributed by atoms with E-state index in [4.69, 9.17) is 19.9 Å². The highest BCUT2D eigenvalue weighted by molar-refractivity contribution is 6.23. The van der Waals surface area contributed by atoms with Gasteiger partial charge in [-0.25, -0.2) is 4.79 Å². The van der Waals surface area contributed by atoms with E-state index in [1.807, 2.05) is 6.92 Å². The van der Waals surface area contributed by atoms with Gasteiger partial charge in [0.15, 0.2) is 6.10 Å². The fraction of sp³-hybridized carbons (Fsp3) is 0.484. The Labute approximate surface area is 247 Å². The zero-order valence-corrected chi connectivity index (χ0v) is 25.1. The van der Waals surface area contributed by atoms with E-state index >= 15 is 0 Å². The molecule has 0 saturated heterocycles. The highest BCUT2D eigenvalue weighted by Gasteiger charge is 2.33. The molecule has 0 saturated carbocycles. The van der Waals surface area contributed by atoms with Gasteiger partial charge in [0, 0.05) is 43.9 Å². The zero-order chi connectivity index (χ0) is 31.6. The number of carbonyl (C=O) groups is 4. The van der Waals surface area contributed by atoms with Crippen LogP contribution in [0.25, 0.3) is 0 Å². The highest BCUT2D eigenvalue weighted by Crippen LogP contribution is 2.28. The molecular formula is C31H43N3O8. The maximum atomic E-state index is 13.5. The molecule has 1 heterocycles. The summed E-state index contributed by atoms with van der Waals surface area (Å²) < 4.78 is 16.6. The van der Waals surface area contributed by atoms with Crippen LogP contribution in [0.15, 0.2) is 71.1 Å². The van der Waals surface area contributed by atoms with Crippen molar-refractivity contribution in [2.24, 2.45) is 17.6 Å². The molecule has 0 aromatic heterocycles. The summed E-state index contributed by atoms with van der Waals surface area (Å²) in [6.45, 7) is 10.9. The van der Waals surface area contributed by atoms with Crippen LogP contribution in [0.2, 0.25) is 0 Å². The van der Waals surface area contributed by atoms with Gasteiger partial charge >= 0.3 is 6.09 Å². The fourth-order valence-corrected chi connectivity index (χ4v) is 4.95. The molecule has 0 fully saturated rings. The molecule has 0 aromatic rings. The monoisotopic (exact) mass is 585 g/mol. The summed E-state index contributed by atoms with van der Waals surface area (Å²) in [6.07, 6.45) is 5.34. The molecule has 0 radical (unpaired) electrons. The Bertz CT molecular complexity index is 1210. The number of allylic oxidation sites excluding steroid dienone is 4. The second-order valence-corrected chi connectivity index (χ2v) is 10.6. The first kappa shape index (κ1) is 34.4. The second kappa shape index (κ2) is 16.0. The van der Waals surface area contributed by atoms with Gasteiger partial charge in [0.05, 0.1) is 23.6 Å². The molecule has 5 N–H and O–H groups in total. The molecule has 0 aromatic carbocycles. The summed E-state index contributed by atoms with van der Waals surface area (Å²) in [5, 5.41) is 16.7. The summed E-state index contributed by atoms with van der Waals surface area (Å²) in [6, 6.07) is 0. The smallest absolute Gasteiger partial charge is 0.405 e. The lowest BCUT2D eigenvalue weighted by Crippen LogP contribution is -2.37. The number of nitrogens with one attached hydrogen (secondary N) is 2. The number of ketones is 2. The second-order valence-electron chi connectivity index (χ2n) is 10.6. The van der Waals surface area contributed by atoms with Gasteiger partial charge in [0.25, 0.3) is 5.91 Å². The molecule has 1 aliphatic carbocycles. The van der Waals surface area contributed by atoms with Crippen molar-refractivity contribution in [2.45, 2.75) is 65.0 Å². The molecule has 42 heavy (non-hydrogen) atoms. The van der Waals surface area contributed by atoms with E-state index in [0.717, 1.165) is 6.08 Å². The average Bonchev–Trinajstić information content (AvgIpc) is 2.94. The van der Waals surface area contributed by atoms with Crippen molar-refractivity contribution < 1.29 is 38.5 Å². The molecule has 6 atom stereocenters. The number of nitrogens with two attached hydrogens (primary N) is 1. The summed E-state index contributed by atoms with van der Waals surface area (Å²) in [4.78, 5) is 51.3. The molecule has 2 rings (SSSR count). The number of ether oxygens (including phenoxy) is 3. The van der Waals surface area contributed by atoms with E-state index in [1.54, 1.807) is 45.1 Å². The normalized spacial score (nSPS) is 28.4. The van der Waals surface area contributed by atoms with Crippen LogP contribution in [0.5, 0.6) is 0 Å². The molecule has 0 unspecified atom stereocenters. The molecule has 11 nitrogen and oxygen atoms in total. The van der Waals surface area contributed by atoms with Gasteiger partial charge < -0.3 is 35.7 Å². The van der Waals surface area contributed by atoms with Gasteiger partial charge in [-0.15, -0.1) is 6.58 Å². The van der Waals surface area contributed by atoms with Crippen molar-refractivity contribution in [2.75, 3.05) is 20.8 Å². The van der Waals surface area contributed by atoms with Crippen LogP contribution in [0.1, 0.15) is 40.5 Å². The molecule has 2 amide bonds. The first-order valence-corrected chi connectivity index (χ1v) is 13.8. The van der Waals surface area contributed by atoms with Crippen LogP contribution in [-0.4, -0.2) is 73.9 Å². The Hall–Kier alpha value is -3.80. The van der Waals surface area contributed by atoms with Gasteiger partial charge in [0.2, 0.25) is 11.6 Å². The number of fused-ring (bicyclic) bond motifs is 2. The summed E-state index contributed by atoms with van der Waals surface area (Å²) in [5.74, 6) is -2.14. The maximum Gasteiger partial charge on any atom is 0.405 e. The molecule has 0 spiro atoms. The lowest BCUT2D eigenvalue weighted by atomic mass is 9.85. The molecular weight excluding hydrogens is 542 g/mol. The number of Topliss-reactive ketones (excluding diaryl/α,β-unsaturated/α-hetero) is 1. The third kappa shape index (κ3) is 9.10. The number of aliphatic hydroxyl groups excluding tert-OH is 1. The van der Waals surface area contributed by atoms with E-state index in [1.165, 1.54) is 20.3 Å². The van der Waals surface area contributed by atoms with Gasteiger partial charge in [0.1, 0.15) is 6.10 Å². The molecule has 2 aliphatic rings. The topological polar surface area (TPSA) is 166 Å². The van der Waals surface area contributed by atoms with E-state index in [-0.39, 0.29) is 41.4 Å². The lowest BCUT2D eigenvalue weighted by Gasteiger charge is -2.30. The quantitative estimate of drug-likeness (QED) is 0.271. The third-order valence-corrected chi connectivity index (χ3v) is 7.22. The lowest BCUT2D eigenvalue weighted by molar-refractivity contribution is -0.120. The van der Waals surface area contributed by atoms with Crippen LogP contribution in [-0.2, 0) is 28.6 Å². The van der Waals surface area contributed by atoms with Crippen molar-refractivity contribution in [1.29, 1.82) is 0 Å². The minimum atomic E-state index is -1.00. The number of hydrogen-bond donors (Lipinski definition) is 4. The largest absolute Gasteiger partial charge is 0.439 e. The third-order valence-electron chi connectivity index (χ3n) is 7.22. The van der Waals surface area contributed by atoms with E-state index < -0.39 is 53.9 Å². The summed E-state index contributed by atoms with van der Waals surface area (Å²) in [5.41, 5.74) is 6.42. The predicted molar refractivity (Wildman–Crippen MR) is 158 cm³/mol. The van der Waals surface area contributed by atoms with Crippen LogP contribution < -0.4 is 16.4 Å². The molecule has 1 aliphatic heterocycles. The van der Waals surface area contributed by atoms with Crippen LogP contribution in [0, 0.1) is 11.8 Å². The predicted octanol–water partition coefficient (Wildman–Crippen LogP) is 2.54. The fourth-order valence-electron chi connectivity index (χ4n) is 4.95. The number of aliphatic hydroxyl groups is 1. The Morgan fingerprint density at radius 1 is 1.21 bits per heavy atom. The molecule has 2 bridgehead atoms. The minimum Gasteiger partial charge on any atom is -0.439 e. The summed E-state index contributed by atoms with van der Waals surface area (Å²) in [7, 11) is 2.92. The van der Waals surface area contributed by atoms with E-state index in [9.17, 15) is 24.3 Å². The van der Waals surface area contributed by atoms with Gasteiger partial charge in [-0.2, -0.15) is 0 Å². The van der Waals surface area contributed by atoms with Crippen molar-refractivity contribution in [3.8, 4) is 0 Å². The van der Waals surface area contributed by atoms with Crippen molar-refractivity contribution in [3.63, 3.8) is 0 Å². The standard InChI is InChI=1S/C31H43N3O8/c1-8-12-33-26-21-13-17(2)14-25(41-7)27(36)19(4)15-20(5)29(42-31(32)39)24(40-6)11-9-10-18(3)30(38)34-22(28(21)37)16-23(26)35/h8-11,15-17,19,24-25,27,29,33,36H,1,12-14H2,2-7H3,(H2,32,39)(H,34,38)/t17-,19-,24-,25+,27-,29-/m0/s1. The van der Waals surface area contributed by atoms with E-state index in [0.29, 0.717) is 12.0 Å². The number of carbonyl (C=O) groups excluding carboxylic acids is 4. The van der Waals surface area contributed by atoms with Crippen molar-refractivity contribution in [1.82, 2.24) is 10.6 Å². The van der Waals surface area contributed by atoms with Crippen molar-refractivity contribution >= 4 is 23.6 Å². The van der Waals surface area contributed by atoms with Gasteiger partial charge in [-0.1, -0.05) is 44.2 Å². The number of amides is 2. The highest BCUT2D eigenvalue weighted by atomic mass is 16.6. The Balaban J connectivity index is 2.62. The SMILES string of the molecule is C=CCNC1=C2C[C@H](C)C[C@@H](OC)[C@@H](O)[C@@H](C)C=C(C)[C@H](OC(N)=O)[C@@H](OC)C=CC=C(C)C(=O)NC(=CC1=O)C2=O. The first-order valence-electron chi connectivity index (χ1n) is 13.8. The zero-order valence-electron chi connectivity index (χ0n) is 25.1. The van der Waals surface area contributed by atoms with Crippen LogP contribution in [0.4, 0.5) is 4.79 Å². The Morgan fingerprint density at radius 3 is 2.50 bits per heavy atom. The van der Waals surface area contributed by atoms with Crippen molar-refractivity contribution in [3.05, 3.63) is 71.1 Å². The maximum absolute atomic E-state index is 13.5. The Morgan fingerprint density at radius 2 is 1.90 bits per heavy atom. The Kier molecular flexibility index (Phi) is 13.1. The average molecular weight is 586 g/mol.